The Morgan fingerprint density at radius 2 is 2.27 bits per heavy atom. The number of nitrogens with zero attached hydrogens (tertiary/aromatic N) is 1. The van der Waals surface area contributed by atoms with Crippen molar-refractivity contribution < 1.29 is 18.7 Å². The molecule has 0 saturated carbocycles. The molecule has 0 radical (unpaired) electrons. The minimum atomic E-state index is -2.82. The molecule has 0 atom stereocenters. The van der Waals surface area contributed by atoms with E-state index >= 15 is 0 Å². The van der Waals surface area contributed by atoms with Gasteiger partial charge in [0.1, 0.15) is 5.69 Å². The van der Waals surface area contributed by atoms with Gasteiger partial charge in [0.15, 0.2) is 0 Å². The lowest BCUT2D eigenvalue weighted by Gasteiger charge is -2.09. The number of carboxylic acid groups (broad SMARTS) is 1. The molecule has 1 rings (SSSR count). The Labute approximate surface area is 89.7 Å². The zero-order valence-corrected chi connectivity index (χ0v) is 8.55. The first-order valence-corrected chi connectivity index (χ1v) is 4.45. The molecule has 0 aromatic carbocycles. The predicted molar refractivity (Wildman–Crippen MR) is 50.3 cm³/mol. The van der Waals surface area contributed by atoms with Gasteiger partial charge < -0.3 is 5.11 Å². The fourth-order valence-corrected chi connectivity index (χ4v) is 1.51. The van der Waals surface area contributed by atoms with Crippen molar-refractivity contribution in [3.8, 4) is 0 Å². The number of halogens is 3. The molecule has 6 heteroatoms. The van der Waals surface area contributed by atoms with Crippen LogP contribution in [0.3, 0.4) is 0 Å². The topological polar surface area (TPSA) is 50.2 Å². The summed E-state index contributed by atoms with van der Waals surface area (Å²) in [5.41, 5.74) is -0.336. The van der Waals surface area contributed by atoms with E-state index in [2.05, 4.69) is 4.98 Å². The van der Waals surface area contributed by atoms with E-state index < -0.39 is 24.5 Å². The number of aromatic nitrogens is 1. The highest BCUT2D eigenvalue weighted by atomic mass is 35.5. The number of alkyl halides is 2. The van der Waals surface area contributed by atoms with Gasteiger partial charge in [-0.2, -0.15) is 0 Å². The summed E-state index contributed by atoms with van der Waals surface area (Å²) in [6, 6.07) is 1.37. The first-order chi connectivity index (χ1) is 6.91. The molecule has 15 heavy (non-hydrogen) atoms. The molecule has 0 spiro atoms. The van der Waals surface area contributed by atoms with Gasteiger partial charge in [-0.25, -0.2) is 8.78 Å². The smallest absolute Gasteiger partial charge is 0.307 e. The largest absolute Gasteiger partial charge is 0.481 e. The summed E-state index contributed by atoms with van der Waals surface area (Å²) in [5.74, 6) is -1.22. The van der Waals surface area contributed by atoms with Crippen molar-refractivity contribution in [3.63, 3.8) is 0 Å². The highest BCUT2D eigenvalue weighted by Gasteiger charge is 2.20. The molecular formula is C9H8ClF2NO2. The van der Waals surface area contributed by atoms with Gasteiger partial charge in [-0.05, 0) is 13.0 Å². The Bertz CT molecular complexity index is 396. The van der Waals surface area contributed by atoms with Gasteiger partial charge in [0, 0.05) is 16.3 Å². The molecule has 3 nitrogen and oxygen atoms in total. The van der Waals surface area contributed by atoms with Gasteiger partial charge in [0.25, 0.3) is 6.43 Å². The van der Waals surface area contributed by atoms with Crippen LogP contribution >= 0.6 is 11.6 Å². The van der Waals surface area contributed by atoms with E-state index in [-0.39, 0.29) is 10.6 Å². The van der Waals surface area contributed by atoms with Gasteiger partial charge in [-0.15, -0.1) is 0 Å². The van der Waals surface area contributed by atoms with E-state index in [1.807, 2.05) is 0 Å². The Morgan fingerprint density at radius 3 is 2.73 bits per heavy atom. The van der Waals surface area contributed by atoms with Crippen LogP contribution in [0.1, 0.15) is 23.4 Å². The minimum absolute atomic E-state index is 0.0141. The van der Waals surface area contributed by atoms with E-state index in [1.54, 1.807) is 0 Å². The highest BCUT2D eigenvalue weighted by molar-refractivity contribution is 6.31. The molecule has 0 aliphatic heterocycles. The van der Waals surface area contributed by atoms with Crippen LogP contribution in [0, 0.1) is 6.92 Å². The highest BCUT2D eigenvalue weighted by Crippen LogP contribution is 2.27. The summed E-state index contributed by atoms with van der Waals surface area (Å²) in [6.45, 7) is 1.52. The third-order valence-electron chi connectivity index (χ3n) is 1.76. The molecule has 0 bridgehead atoms. The van der Waals surface area contributed by atoms with E-state index in [0.29, 0.717) is 5.69 Å². The summed E-state index contributed by atoms with van der Waals surface area (Å²) < 4.78 is 25.0. The van der Waals surface area contributed by atoms with E-state index in [0.717, 1.165) is 0 Å². The number of pyridine rings is 1. The number of aliphatic carboxylic acids is 1. The van der Waals surface area contributed by atoms with E-state index in [4.69, 9.17) is 16.7 Å². The first-order valence-electron chi connectivity index (χ1n) is 4.07. The first kappa shape index (κ1) is 11.8. The maximum atomic E-state index is 12.5. The van der Waals surface area contributed by atoms with Crippen LogP contribution < -0.4 is 0 Å². The van der Waals surface area contributed by atoms with Crippen LogP contribution in [0.2, 0.25) is 5.02 Å². The number of hydrogen-bond donors (Lipinski definition) is 1. The normalized spacial score (nSPS) is 10.7. The van der Waals surface area contributed by atoms with Crippen molar-refractivity contribution in [2.75, 3.05) is 0 Å². The van der Waals surface area contributed by atoms with Gasteiger partial charge in [-0.3, -0.25) is 9.78 Å². The Morgan fingerprint density at radius 1 is 1.67 bits per heavy atom. The minimum Gasteiger partial charge on any atom is -0.481 e. The summed E-state index contributed by atoms with van der Waals surface area (Å²) in [7, 11) is 0. The lowest BCUT2D eigenvalue weighted by molar-refractivity contribution is -0.136. The van der Waals surface area contributed by atoms with Crippen LogP contribution in [0.5, 0.6) is 0 Å². The SMILES string of the molecule is Cc1cc(Cl)c(CC(=O)O)c(C(F)F)n1. The van der Waals surface area contributed by atoms with Crippen LogP contribution in [0.4, 0.5) is 8.78 Å². The predicted octanol–water partition coefficient (Wildman–Crippen LogP) is 2.61. The second-order valence-electron chi connectivity index (χ2n) is 2.98. The molecule has 1 N–H and O–H groups in total. The standard InChI is InChI=1S/C9H8ClF2NO2/c1-4-2-6(10)5(3-7(14)15)8(13-4)9(11)12/h2,9H,3H2,1H3,(H,14,15). The van der Waals surface area contributed by atoms with Gasteiger partial charge in [0.05, 0.1) is 6.42 Å². The van der Waals surface area contributed by atoms with Crippen molar-refractivity contribution in [1.29, 1.82) is 0 Å². The van der Waals surface area contributed by atoms with Crippen LogP contribution in [-0.2, 0) is 11.2 Å². The maximum Gasteiger partial charge on any atom is 0.307 e. The van der Waals surface area contributed by atoms with Gasteiger partial charge in [0.2, 0.25) is 0 Å². The summed E-state index contributed by atoms with van der Waals surface area (Å²) in [5, 5.41) is 8.55. The second kappa shape index (κ2) is 4.53. The molecule has 0 aliphatic carbocycles. The molecule has 1 aromatic rings. The zero-order chi connectivity index (χ0) is 11.6. The van der Waals surface area contributed by atoms with Crippen LogP contribution in [0.25, 0.3) is 0 Å². The number of hydrogen-bond acceptors (Lipinski definition) is 2. The monoisotopic (exact) mass is 235 g/mol. The molecule has 0 aliphatic rings. The number of carboxylic acids is 1. The Balaban J connectivity index is 3.26. The van der Waals surface area contributed by atoms with Crippen molar-refractivity contribution in [2.45, 2.75) is 19.8 Å². The van der Waals surface area contributed by atoms with Gasteiger partial charge >= 0.3 is 5.97 Å². The summed E-state index contributed by atoms with van der Waals surface area (Å²) >= 11 is 5.69. The van der Waals surface area contributed by atoms with Gasteiger partial charge in [-0.1, -0.05) is 11.6 Å². The summed E-state index contributed by atoms with van der Waals surface area (Å²) in [4.78, 5) is 14.0. The molecule has 0 fully saturated rings. The van der Waals surface area contributed by atoms with Crippen molar-refractivity contribution in [2.24, 2.45) is 0 Å². The molecule has 1 aromatic heterocycles. The van der Waals surface area contributed by atoms with E-state index in [1.165, 1.54) is 13.0 Å². The molecule has 0 amide bonds. The number of rotatable bonds is 3. The average Bonchev–Trinajstić information content (AvgIpc) is 2.08. The molecule has 82 valence electrons. The quantitative estimate of drug-likeness (QED) is 0.876. The lowest BCUT2D eigenvalue weighted by atomic mass is 10.1. The maximum absolute atomic E-state index is 12.5. The van der Waals surface area contributed by atoms with Crippen LogP contribution in [-0.4, -0.2) is 16.1 Å². The summed E-state index contributed by atoms with van der Waals surface area (Å²) in [6.07, 6.45) is -3.37. The fraction of sp³-hybridized carbons (Fsp3) is 0.333. The molecule has 1 heterocycles. The van der Waals surface area contributed by atoms with E-state index in [9.17, 15) is 13.6 Å². The molecule has 0 saturated heterocycles. The number of aryl methyl sites for hydroxylation is 1. The molecule has 0 unspecified atom stereocenters. The number of carbonyl (C=O) groups is 1. The molecular weight excluding hydrogens is 228 g/mol. The van der Waals surface area contributed by atoms with Crippen molar-refractivity contribution in [3.05, 3.63) is 28.0 Å². The van der Waals surface area contributed by atoms with Crippen molar-refractivity contribution in [1.82, 2.24) is 4.98 Å². The van der Waals surface area contributed by atoms with Crippen LogP contribution in [0.15, 0.2) is 6.07 Å². The average molecular weight is 236 g/mol. The fourth-order valence-electron chi connectivity index (χ4n) is 1.19. The lowest BCUT2D eigenvalue weighted by Crippen LogP contribution is -2.07. The zero-order valence-electron chi connectivity index (χ0n) is 7.80. The third-order valence-corrected chi connectivity index (χ3v) is 2.10. The van der Waals surface area contributed by atoms with Crippen molar-refractivity contribution >= 4 is 17.6 Å². The third kappa shape index (κ3) is 2.86. The Kier molecular flexibility index (Phi) is 3.57. The Hall–Kier alpha value is -1.23. The second-order valence-corrected chi connectivity index (χ2v) is 3.39.